The van der Waals surface area contributed by atoms with E-state index < -0.39 is 97.6 Å². The van der Waals surface area contributed by atoms with Crippen LogP contribution in [-0.4, -0.2) is 70.3 Å². The van der Waals surface area contributed by atoms with E-state index in [1.165, 1.54) is 0 Å². The van der Waals surface area contributed by atoms with Gasteiger partial charge in [0, 0.05) is 11.8 Å². The summed E-state index contributed by atoms with van der Waals surface area (Å²) in [6.07, 6.45) is -33.8. The summed E-state index contributed by atoms with van der Waals surface area (Å²) in [6.45, 7) is 0. The molecule has 0 heterocycles. The van der Waals surface area contributed by atoms with Gasteiger partial charge in [0.05, 0.1) is 0 Å². The van der Waals surface area contributed by atoms with Crippen LogP contribution in [0.5, 0.6) is 0 Å². The first-order chi connectivity index (χ1) is 16.5. The van der Waals surface area contributed by atoms with Crippen LogP contribution in [0.25, 0.3) is 0 Å². The number of hydrogen-bond acceptors (Lipinski definition) is 4. The molecular weight excluding hydrogens is 592 g/mol. The van der Waals surface area contributed by atoms with Gasteiger partial charge in [-0.15, -0.1) is 0 Å². The SMILES string of the molecule is O=C(O)C(F)(F)C(F)(F)OC(F)(F)C(F)(F)C1CCC(C(F)(F)C(F)(F)OC(F)(F)C(F)(F)C(=O)O)CC1. The quantitative estimate of drug-likeness (QED) is 0.270. The van der Waals surface area contributed by atoms with Gasteiger partial charge in [-0.05, 0) is 25.7 Å². The number of carbonyl (C=O) groups is 2. The first-order valence-corrected chi connectivity index (χ1v) is 9.41. The third kappa shape index (κ3) is 5.69. The maximum atomic E-state index is 14.1. The van der Waals surface area contributed by atoms with Crippen molar-refractivity contribution in [2.24, 2.45) is 11.8 Å². The zero-order valence-electron chi connectivity index (χ0n) is 17.6. The molecule has 0 aromatic heterocycles. The molecule has 22 heteroatoms. The monoisotopic (exact) mass is 604 g/mol. The lowest BCUT2D eigenvalue weighted by molar-refractivity contribution is -0.472. The van der Waals surface area contributed by atoms with E-state index >= 15 is 0 Å². The summed E-state index contributed by atoms with van der Waals surface area (Å²) in [5.41, 5.74) is 0. The van der Waals surface area contributed by atoms with Crippen LogP contribution in [0.4, 0.5) is 70.2 Å². The van der Waals surface area contributed by atoms with Crippen molar-refractivity contribution in [2.75, 3.05) is 0 Å². The molecule has 0 aromatic rings. The molecule has 0 unspecified atom stereocenters. The van der Waals surface area contributed by atoms with Gasteiger partial charge in [0.25, 0.3) is 0 Å². The standard InChI is InChI=1S/C16H12F16O6/c17-9(18,13(25,26)37-15(29,30)11(21,22)7(33)34)5-1-2-6(4-3-5)10(19,20)14(27,28)38-16(31,32)12(23,24)8(35)36/h5-6H,1-4H2,(H,33,34)(H,35,36). The van der Waals surface area contributed by atoms with Crippen LogP contribution >= 0.6 is 0 Å². The molecule has 38 heavy (non-hydrogen) atoms. The molecular formula is C16H12F16O6. The lowest BCUT2D eigenvalue weighted by atomic mass is 9.76. The van der Waals surface area contributed by atoms with Gasteiger partial charge >= 0.3 is 60.1 Å². The Labute approximate surface area is 198 Å². The van der Waals surface area contributed by atoms with Crippen molar-refractivity contribution in [3.05, 3.63) is 0 Å². The number of halogens is 16. The van der Waals surface area contributed by atoms with Crippen molar-refractivity contribution in [2.45, 2.75) is 73.8 Å². The van der Waals surface area contributed by atoms with Gasteiger partial charge in [-0.3, -0.25) is 0 Å². The smallest absolute Gasteiger partial charge is 0.435 e. The van der Waals surface area contributed by atoms with E-state index in [1.54, 1.807) is 0 Å². The molecule has 6 nitrogen and oxygen atoms in total. The third-order valence-corrected chi connectivity index (χ3v) is 5.31. The topological polar surface area (TPSA) is 93.1 Å². The van der Waals surface area contributed by atoms with E-state index in [0.29, 0.717) is 0 Å². The highest BCUT2D eigenvalue weighted by Gasteiger charge is 2.75. The maximum absolute atomic E-state index is 14.1. The summed E-state index contributed by atoms with van der Waals surface area (Å²) in [4.78, 5) is 20.2. The molecule has 0 aliphatic heterocycles. The number of aliphatic carboxylic acids is 2. The summed E-state index contributed by atoms with van der Waals surface area (Å²) >= 11 is 0. The third-order valence-electron chi connectivity index (χ3n) is 5.31. The Morgan fingerprint density at radius 2 is 0.684 bits per heavy atom. The van der Waals surface area contributed by atoms with Crippen LogP contribution in [0.3, 0.4) is 0 Å². The Kier molecular flexibility index (Phi) is 8.65. The minimum atomic E-state index is -6.77. The van der Waals surface area contributed by atoms with Crippen molar-refractivity contribution in [3.63, 3.8) is 0 Å². The van der Waals surface area contributed by atoms with E-state index in [9.17, 15) is 79.8 Å². The number of hydrogen-bond donors (Lipinski definition) is 2. The van der Waals surface area contributed by atoms with Crippen LogP contribution in [0.2, 0.25) is 0 Å². The fourth-order valence-corrected chi connectivity index (χ4v) is 3.13. The Morgan fingerprint density at radius 1 is 0.474 bits per heavy atom. The van der Waals surface area contributed by atoms with Crippen molar-refractivity contribution in [3.8, 4) is 0 Å². The molecule has 1 aliphatic carbocycles. The molecule has 1 saturated carbocycles. The van der Waals surface area contributed by atoms with Crippen LogP contribution in [-0.2, 0) is 19.1 Å². The molecule has 0 saturated heterocycles. The van der Waals surface area contributed by atoms with Gasteiger partial charge in [-0.1, -0.05) is 0 Å². The van der Waals surface area contributed by atoms with Crippen LogP contribution in [0.1, 0.15) is 25.7 Å². The second kappa shape index (κ2) is 9.73. The lowest BCUT2D eigenvalue weighted by Crippen LogP contribution is -2.59. The van der Waals surface area contributed by atoms with Crippen LogP contribution < -0.4 is 0 Å². The molecule has 0 spiro atoms. The zero-order valence-corrected chi connectivity index (χ0v) is 17.6. The Morgan fingerprint density at radius 3 is 0.868 bits per heavy atom. The zero-order chi connectivity index (χ0) is 30.6. The molecule has 0 atom stereocenters. The number of alkyl halides is 16. The van der Waals surface area contributed by atoms with Gasteiger partial charge in [-0.2, -0.15) is 70.2 Å². The second-order valence-electron chi connectivity index (χ2n) is 7.82. The van der Waals surface area contributed by atoms with E-state index in [1.807, 2.05) is 0 Å². The van der Waals surface area contributed by atoms with E-state index in [-0.39, 0.29) is 0 Å². The Balaban J connectivity index is 3.09. The molecule has 0 aromatic carbocycles. The van der Waals surface area contributed by atoms with Gasteiger partial charge in [0.15, 0.2) is 0 Å². The molecule has 1 aliphatic rings. The number of carboxylic acid groups (broad SMARTS) is 2. The largest absolute Gasteiger partial charge is 0.477 e. The van der Waals surface area contributed by atoms with E-state index in [4.69, 9.17) is 10.2 Å². The van der Waals surface area contributed by atoms with E-state index in [0.717, 1.165) is 0 Å². The van der Waals surface area contributed by atoms with Gasteiger partial charge in [-0.25, -0.2) is 19.1 Å². The lowest BCUT2D eigenvalue weighted by Gasteiger charge is -2.41. The number of ether oxygens (including phenoxy) is 2. The normalized spacial score (nSPS) is 21.4. The second-order valence-corrected chi connectivity index (χ2v) is 7.82. The van der Waals surface area contributed by atoms with Crippen molar-refractivity contribution < 1.29 is 99.5 Å². The van der Waals surface area contributed by atoms with Crippen molar-refractivity contribution in [1.29, 1.82) is 0 Å². The molecule has 2 N–H and O–H groups in total. The predicted octanol–water partition coefficient (Wildman–Crippen LogP) is 5.91. The summed E-state index contributed by atoms with van der Waals surface area (Å²) in [5.74, 6) is -38.6. The molecule has 224 valence electrons. The summed E-state index contributed by atoms with van der Waals surface area (Å²) in [6, 6.07) is 0. The van der Waals surface area contributed by atoms with E-state index in [2.05, 4.69) is 9.47 Å². The molecule has 0 bridgehead atoms. The van der Waals surface area contributed by atoms with Crippen LogP contribution in [0.15, 0.2) is 0 Å². The highest BCUT2D eigenvalue weighted by Crippen LogP contribution is 2.55. The maximum Gasteiger partial charge on any atom is 0.435 e. The average Bonchev–Trinajstić information content (AvgIpc) is 2.71. The fraction of sp³-hybridized carbons (Fsp3) is 0.875. The summed E-state index contributed by atoms with van der Waals surface area (Å²) in [7, 11) is 0. The summed E-state index contributed by atoms with van der Waals surface area (Å²) in [5, 5.41) is 15.9. The van der Waals surface area contributed by atoms with Crippen molar-refractivity contribution >= 4 is 11.9 Å². The molecule has 0 radical (unpaired) electrons. The van der Waals surface area contributed by atoms with Crippen molar-refractivity contribution in [1.82, 2.24) is 0 Å². The predicted molar refractivity (Wildman–Crippen MR) is 82.5 cm³/mol. The Bertz CT molecular complexity index is 824. The minimum Gasteiger partial charge on any atom is -0.477 e. The van der Waals surface area contributed by atoms with Gasteiger partial charge < -0.3 is 10.2 Å². The average molecular weight is 604 g/mol. The minimum absolute atomic E-state index is 1.76. The molecule has 1 fully saturated rings. The number of rotatable bonds is 12. The van der Waals surface area contributed by atoms with Crippen LogP contribution in [0, 0.1) is 11.8 Å². The highest BCUT2D eigenvalue weighted by molar-refractivity contribution is 5.76. The Hall–Kier alpha value is -2.26. The molecule has 1 rings (SSSR count). The number of carboxylic acids is 2. The van der Waals surface area contributed by atoms with Gasteiger partial charge in [0.2, 0.25) is 0 Å². The first-order valence-electron chi connectivity index (χ1n) is 9.41. The summed E-state index contributed by atoms with van der Waals surface area (Å²) < 4.78 is 219. The van der Waals surface area contributed by atoms with Gasteiger partial charge in [0.1, 0.15) is 0 Å². The fourth-order valence-electron chi connectivity index (χ4n) is 3.13. The highest BCUT2D eigenvalue weighted by atomic mass is 19.4. The molecule has 0 amide bonds. The first kappa shape index (κ1) is 33.8.